The number of benzene rings is 2. The molecule has 1 N–H and O–H groups in total. The van der Waals surface area contributed by atoms with Gasteiger partial charge in [-0.25, -0.2) is 9.00 Å². The Morgan fingerprint density at radius 2 is 1.92 bits per heavy atom. The molecular formula is C16H15Cl2NO4S. The first-order valence-corrected chi connectivity index (χ1v) is 8.76. The molecular weight excluding hydrogens is 373 g/mol. The zero-order valence-corrected chi connectivity index (χ0v) is 15.1. The third-order valence-corrected chi connectivity index (χ3v) is 5.00. The van der Waals surface area contributed by atoms with Gasteiger partial charge in [-0.2, -0.15) is 0 Å². The number of esters is 1. The molecule has 5 nitrogen and oxygen atoms in total. The van der Waals surface area contributed by atoms with E-state index >= 15 is 0 Å². The van der Waals surface area contributed by atoms with E-state index in [4.69, 9.17) is 27.9 Å². The van der Waals surface area contributed by atoms with Crippen molar-refractivity contribution in [1.29, 1.82) is 0 Å². The third kappa shape index (κ3) is 4.27. The van der Waals surface area contributed by atoms with Crippen LogP contribution >= 0.6 is 23.2 Å². The third-order valence-electron chi connectivity index (χ3n) is 3.38. The predicted octanol–water partition coefficient (Wildman–Crippen LogP) is 3.97. The van der Waals surface area contributed by atoms with Crippen LogP contribution in [0.2, 0.25) is 10.0 Å². The Bertz CT molecular complexity index is 769. The second-order valence-electron chi connectivity index (χ2n) is 4.80. The van der Waals surface area contributed by atoms with E-state index in [1.165, 1.54) is 17.5 Å². The van der Waals surface area contributed by atoms with Gasteiger partial charge < -0.3 is 4.74 Å². The standard InChI is InChI=1S/C16H15Cl2NO4S/c1-23-16(20)12-6-2-3-8-14(12)19(24(21)22)10-9-11-5-4-7-13(17)15(11)18/h2-8H,9-10H2,1H3,(H,21,22). The van der Waals surface area contributed by atoms with Crippen LogP contribution in [0.5, 0.6) is 0 Å². The fraction of sp³-hybridized carbons (Fsp3) is 0.188. The molecule has 0 saturated heterocycles. The Balaban J connectivity index is 2.30. The molecule has 2 aromatic rings. The van der Waals surface area contributed by atoms with Gasteiger partial charge in [-0.15, -0.1) is 0 Å². The van der Waals surface area contributed by atoms with Gasteiger partial charge in [0.2, 0.25) is 0 Å². The normalized spacial score (nSPS) is 11.8. The molecule has 24 heavy (non-hydrogen) atoms. The Kier molecular flexibility index (Phi) is 6.62. The molecule has 0 bridgehead atoms. The molecule has 0 amide bonds. The van der Waals surface area contributed by atoms with Crippen LogP contribution in [0.25, 0.3) is 0 Å². The Hall–Kier alpha value is -1.60. The van der Waals surface area contributed by atoms with Crippen LogP contribution in [0.3, 0.4) is 0 Å². The van der Waals surface area contributed by atoms with Crippen LogP contribution in [-0.4, -0.2) is 28.4 Å². The number of ether oxygens (including phenoxy) is 1. The summed E-state index contributed by atoms with van der Waals surface area (Å²) >= 11 is 9.80. The summed E-state index contributed by atoms with van der Waals surface area (Å²) in [4.78, 5) is 11.9. The Morgan fingerprint density at radius 3 is 2.58 bits per heavy atom. The van der Waals surface area contributed by atoms with Crippen LogP contribution < -0.4 is 4.31 Å². The number of rotatable bonds is 6. The molecule has 0 aromatic heterocycles. The zero-order valence-electron chi connectivity index (χ0n) is 12.7. The highest BCUT2D eigenvalue weighted by Gasteiger charge is 2.20. The van der Waals surface area contributed by atoms with Crippen molar-refractivity contribution in [1.82, 2.24) is 0 Å². The number of halogens is 2. The SMILES string of the molecule is COC(=O)c1ccccc1N(CCc1cccc(Cl)c1Cl)S(=O)O. The number of nitrogens with zero attached hydrogens (tertiary/aromatic N) is 1. The molecule has 0 heterocycles. The zero-order chi connectivity index (χ0) is 17.7. The summed E-state index contributed by atoms with van der Waals surface area (Å²) in [6.45, 7) is 0.164. The lowest BCUT2D eigenvalue weighted by molar-refractivity contribution is 0.0601. The molecule has 0 radical (unpaired) electrons. The molecule has 0 aliphatic carbocycles. The van der Waals surface area contributed by atoms with Crippen LogP contribution in [0.4, 0.5) is 5.69 Å². The first-order chi connectivity index (χ1) is 11.5. The van der Waals surface area contributed by atoms with Crippen molar-refractivity contribution in [3.63, 3.8) is 0 Å². The van der Waals surface area contributed by atoms with Gasteiger partial charge >= 0.3 is 5.97 Å². The average Bonchev–Trinajstić information content (AvgIpc) is 2.58. The van der Waals surface area contributed by atoms with Crippen molar-refractivity contribution in [2.75, 3.05) is 18.0 Å². The van der Waals surface area contributed by atoms with Crippen LogP contribution in [0, 0.1) is 0 Å². The molecule has 0 spiro atoms. The van der Waals surface area contributed by atoms with Gasteiger partial charge in [0.15, 0.2) is 0 Å². The summed E-state index contributed by atoms with van der Waals surface area (Å²) in [5.74, 6) is -0.582. The topological polar surface area (TPSA) is 66.8 Å². The molecule has 128 valence electrons. The first kappa shape index (κ1) is 18.7. The van der Waals surface area contributed by atoms with E-state index in [0.717, 1.165) is 5.56 Å². The van der Waals surface area contributed by atoms with Crippen molar-refractivity contribution in [2.45, 2.75) is 6.42 Å². The van der Waals surface area contributed by atoms with E-state index in [1.54, 1.807) is 36.4 Å². The highest BCUT2D eigenvalue weighted by Crippen LogP contribution is 2.27. The summed E-state index contributed by atoms with van der Waals surface area (Å²) in [5.41, 5.74) is 1.26. The van der Waals surface area contributed by atoms with Gasteiger partial charge in [0.25, 0.3) is 11.3 Å². The van der Waals surface area contributed by atoms with Gasteiger partial charge in [0.1, 0.15) is 0 Å². The van der Waals surface area contributed by atoms with Crippen molar-refractivity contribution in [3.8, 4) is 0 Å². The number of para-hydroxylation sites is 1. The van der Waals surface area contributed by atoms with Crippen molar-refractivity contribution in [2.24, 2.45) is 0 Å². The minimum Gasteiger partial charge on any atom is -0.465 e. The maximum absolute atomic E-state index is 11.9. The maximum Gasteiger partial charge on any atom is 0.340 e. The number of hydrogen-bond donors (Lipinski definition) is 1. The minimum atomic E-state index is -2.32. The van der Waals surface area contributed by atoms with Gasteiger partial charge in [0.05, 0.1) is 28.4 Å². The monoisotopic (exact) mass is 387 g/mol. The second-order valence-corrected chi connectivity index (χ2v) is 6.49. The van der Waals surface area contributed by atoms with Crippen molar-refractivity contribution >= 4 is 46.1 Å². The highest BCUT2D eigenvalue weighted by molar-refractivity contribution is 7.80. The molecule has 1 atom stereocenters. The largest absolute Gasteiger partial charge is 0.465 e. The van der Waals surface area contributed by atoms with Gasteiger partial charge in [-0.05, 0) is 30.2 Å². The Labute approximate surface area is 152 Å². The first-order valence-electron chi connectivity index (χ1n) is 6.94. The molecule has 8 heteroatoms. The quantitative estimate of drug-likeness (QED) is 0.601. The molecule has 0 saturated carbocycles. The molecule has 1 unspecified atom stereocenters. The van der Waals surface area contributed by atoms with E-state index in [-0.39, 0.29) is 12.1 Å². The number of methoxy groups -OCH3 is 1. The summed E-state index contributed by atoms with van der Waals surface area (Å²) in [6, 6.07) is 11.7. The molecule has 0 aliphatic rings. The van der Waals surface area contributed by atoms with Crippen molar-refractivity contribution in [3.05, 3.63) is 63.6 Å². The lowest BCUT2D eigenvalue weighted by Gasteiger charge is -2.22. The molecule has 2 rings (SSSR count). The fourth-order valence-electron chi connectivity index (χ4n) is 2.22. The van der Waals surface area contributed by atoms with Crippen LogP contribution in [0.15, 0.2) is 42.5 Å². The molecule has 0 fully saturated rings. The minimum absolute atomic E-state index is 0.164. The van der Waals surface area contributed by atoms with Crippen molar-refractivity contribution < 1.29 is 18.3 Å². The number of carbonyl (C=O) groups excluding carboxylic acids is 1. The van der Waals surface area contributed by atoms with E-state index in [9.17, 15) is 13.6 Å². The van der Waals surface area contributed by atoms with Gasteiger partial charge in [-0.1, -0.05) is 47.5 Å². The maximum atomic E-state index is 11.9. The van der Waals surface area contributed by atoms with E-state index in [1.807, 2.05) is 0 Å². The van der Waals surface area contributed by atoms with Crippen LogP contribution in [-0.2, 0) is 22.4 Å². The average molecular weight is 388 g/mol. The molecule has 2 aromatic carbocycles. The highest BCUT2D eigenvalue weighted by atomic mass is 35.5. The lowest BCUT2D eigenvalue weighted by atomic mass is 10.1. The fourth-order valence-corrected chi connectivity index (χ4v) is 3.21. The van der Waals surface area contributed by atoms with Gasteiger partial charge in [0, 0.05) is 6.54 Å². The predicted molar refractivity (Wildman–Crippen MR) is 96.1 cm³/mol. The lowest BCUT2D eigenvalue weighted by Crippen LogP contribution is -2.29. The summed E-state index contributed by atoms with van der Waals surface area (Å²) in [5, 5.41) is 0.824. The van der Waals surface area contributed by atoms with Gasteiger partial charge in [-0.3, -0.25) is 8.86 Å². The summed E-state index contributed by atoms with van der Waals surface area (Å²) in [7, 11) is 1.26. The second kappa shape index (κ2) is 8.48. The van der Waals surface area contributed by atoms with Crippen LogP contribution in [0.1, 0.15) is 15.9 Å². The van der Waals surface area contributed by atoms with E-state index in [2.05, 4.69) is 0 Å². The number of carbonyl (C=O) groups is 1. The summed E-state index contributed by atoms with van der Waals surface area (Å²) < 4.78 is 27.3. The molecule has 0 aliphatic heterocycles. The van der Waals surface area contributed by atoms with E-state index < -0.39 is 17.2 Å². The smallest absolute Gasteiger partial charge is 0.340 e. The Morgan fingerprint density at radius 1 is 1.21 bits per heavy atom. The van der Waals surface area contributed by atoms with E-state index in [0.29, 0.717) is 22.2 Å². The number of hydrogen-bond acceptors (Lipinski definition) is 3. The summed E-state index contributed by atoms with van der Waals surface area (Å²) in [6.07, 6.45) is 0.376. The number of anilines is 1.